The molecule has 1 unspecified atom stereocenters. The third-order valence-corrected chi connectivity index (χ3v) is 4.08. The topological polar surface area (TPSA) is 78.0 Å². The fourth-order valence-electron chi connectivity index (χ4n) is 1.72. The summed E-state index contributed by atoms with van der Waals surface area (Å²) in [5.41, 5.74) is 0.919. The van der Waals surface area contributed by atoms with E-state index < -0.39 is 0 Å². The molecule has 0 saturated heterocycles. The third kappa shape index (κ3) is 2.45. The van der Waals surface area contributed by atoms with Gasteiger partial charge in [0.15, 0.2) is 0 Å². The Balaban J connectivity index is 2.35. The Kier molecular flexibility index (Phi) is 3.79. The van der Waals surface area contributed by atoms with Crippen molar-refractivity contribution < 1.29 is 5.11 Å². The molecule has 6 heteroatoms. The minimum absolute atomic E-state index is 0.0159. The molecule has 18 heavy (non-hydrogen) atoms. The number of H-pyrrole nitrogens is 1. The van der Waals surface area contributed by atoms with Crippen molar-refractivity contribution in [1.82, 2.24) is 15.3 Å². The predicted octanol–water partition coefficient (Wildman–Crippen LogP) is 1.07. The average Bonchev–Trinajstić information content (AvgIpc) is 2.62. The van der Waals surface area contributed by atoms with E-state index in [1.54, 1.807) is 0 Å². The van der Waals surface area contributed by atoms with Crippen LogP contribution in [0.4, 0.5) is 0 Å². The molecule has 0 aromatic carbocycles. The first-order chi connectivity index (χ1) is 8.52. The van der Waals surface area contributed by atoms with E-state index in [2.05, 4.69) is 15.3 Å². The monoisotopic (exact) mass is 267 g/mol. The van der Waals surface area contributed by atoms with Crippen molar-refractivity contribution in [3.8, 4) is 0 Å². The van der Waals surface area contributed by atoms with Gasteiger partial charge >= 0.3 is 0 Å². The van der Waals surface area contributed by atoms with Gasteiger partial charge in [0, 0.05) is 10.9 Å². The summed E-state index contributed by atoms with van der Waals surface area (Å²) in [6.07, 6.45) is 0. The van der Waals surface area contributed by atoms with Crippen molar-refractivity contribution in [2.45, 2.75) is 33.4 Å². The summed E-state index contributed by atoms with van der Waals surface area (Å²) in [4.78, 5) is 21.1. The number of hydrogen-bond donors (Lipinski definition) is 3. The van der Waals surface area contributed by atoms with Gasteiger partial charge in [-0.25, -0.2) is 4.98 Å². The Labute approximate surface area is 109 Å². The average molecular weight is 267 g/mol. The molecule has 0 amide bonds. The summed E-state index contributed by atoms with van der Waals surface area (Å²) in [7, 11) is 0. The van der Waals surface area contributed by atoms with Gasteiger partial charge in [-0.2, -0.15) is 0 Å². The van der Waals surface area contributed by atoms with E-state index >= 15 is 0 Å². The van der Waals surface area contributed by atoms with E-state index in [-0.39, 0.29) is 18.2 Å². The van der Waals surface area contributed by atoms with Gasteiger partial charge in [-0.1, -0.05) is 0 Å². The Morgan fingerprint density at radius 3 is 2.89 bits per heavy atom. The molecule has 0 aliphatic carbocycles. The fraction of sp³-hybridized carbons (Fsp3) is 0.500. The SMILES string of the molecule is Cc1sc2nc(CNC(C)CO)[nH]c(=O)c2c1C. The van der Waals surface area contributed by atoms with E-state index in [9.17, 15) is 4.79 Å². The van der Waals surface area contributed by atoms with Gasteiger partial charge < -0.3 is 15.4 Å². The van der Waals surface area contributed by atoms with Crippen molar-refractivity contribution in [2.75, 3.05) is 6.61 Å². The second-order valence-corrected chi connectivity index (χ2v) is 5.64. The maximum absolute atomic E-state index is 12.0. The summed E-state index contributed by atoms with van der Waals surface area (Å²) in [6.45, 7) is 6.31. The minimum Gasteiger partial charge on any atom is -0.395 e. The Morgan fingerprint density at radius 2 is 2.22 bits per heavy atom. The molecular weight excluding hydrogens is 250 g/mol. The molecule has 98 valence electrons. The Hall–Kier alpha value is -1.24. The molecule has 0 saturated carbocycles. The number of aliphatic hydroxyl groups excluding tert-OH is 1. The number of aromatic nitrogens is 2. The summed E-state index contributed by atoms with van der Waals surface area (Å²) in [5.74, 6) is 0.606. The number of rotatable bonds is 4. The zero-order chi connectivity index (χ0) is 13.3. The summed E-state index contributed by atoms with van der Waals surface area (Å²) >= 11 is 1.54. The van der Waals surface area contributed by atoms with Gasteiger partial charge in [-0.05, 0) is 26.3 Å². The highest BCUT2D eigenvalue weighted by Crippen LogP contribution is 2.25. The molecule has 0 aliphatic rings. The highest BCUT2D eigenvalue weighted by atomic mass is 32.1. The van der Waals surface area contributed by atoms with Crippen LogP contribution in [0.3, 0.4) is 0 Å². The molecule has 2 aromatic heterocycles. The molecule has 0 spiro atoms. The number of thiophene rings is 1. The van der Waals surface area contributed by atoms with Crippen LogP contribution >= 0.6 is 11.3 Å². The van der Waals surface area contributed by atoms with Crippen LogP contribution in [0, 0.1) is 13.8 Å². The van der Waals surface area contributed by atoms with E-state index in [4.69, 9.17) is 5.11 Å². The van der Waals surface area contributed by atoms with Crippen LogP contribution in [0.5, 0.6) is 0 Å². The molecule has 0 aliphatic heterocycles. The van der Waals surface area contributed by atoms with Gasteiger partial charge in [0.2, 0.25) is 0 Å². The highest BCUT2D eigenvalue weighted by molar-refractivity contribution is 7.18. The van der Waals surface area contributed by atoms with Crippen LogP contribution in [0.2, 0.25) is 0 Å². The first-order valence-electron chi connectivity index (χ1n) is 5.86. The first-order valence-corrected chi connectivity index (χ1v) is 6.67. The lowest BCUT2D eigenvalue weighted by molar-refractivity contribution is 0.250. The van der Waals surface area contributed by atoms with Gasteiger partial charge in [0.1, 0.15) is 10.7 Å². The third-order valence-electron chi connectivity index (χ3n) is 2.98. The second-order valence-electron chi connectivity index (χ2n) is 4.44. The van der Waals surface area contributed by atoms with Crippen LogP contribution in [-0.2, 0) is 6.54 Å². The molecule has 5 nitrogen and oxygen atoms in total. The smallest absolute Gasteiger partial charge is 0.259 e. The van der Waals surface area contributed by atoms with Crippen molar-refractivity contribution in [3.05, 3.63) is 26.6 Å². The van der Waals surface area contributed by atoms with Crippen LogP contribution in [0.15, 0.2) is 4.79 Å². The molecule has 0 bridgehead atoms. The molecule has 2 rings (SSSR count). The van der Waals surface area contributed by atoms with Gasteiger partial charge in [-0.3, -0.25) is 4.79 Å². The van der Waals surface area contributed by atoms with E-state index in [0.29, 0.717) is 17.8 Å². The van der Waals surface area contributed by atoms with Gasteiger partial charge in [0.05, 0.1) is 18.5 Å². The molecule has 2 heterocycles. The predicted molar refractivity (Wildman–Crippen MR) is 73.1 cm³/mol. The van der Waals surface area contributed by atoms with Crippen LogP contribution in [0.1, 0.15) is 23.2 Å². The van der Waals surface area contributed by atoms with Crippen LogP contribution < -0.4 is 10.9 Å². The normalized spacial score (nSPS) is 13.1. The van der Waals surface area contributed by atoms with Crippen molar-refractivity contribution in [1.29, 1.82) is 0 Å². The summed E-state index contributed by atoms with van der Waals surface area (Å²) < 4.78 is 0. The standard InChI is InChI=1S/C12H17N3O2S/c1-6(5-16)13-4-9-14-11(17)10-7(2)8(3)18-12(10)15-9/h6,13,16H,4-5H2,1-3H3,(H,14,15,17). The molecular formula is C12H17N3O2S. The Morgan fingerprint density at radius 1 is 1.50 bits per heavy atom. The van der Waals surface area contributed by atoms with Crippen molar-refractivity contribution >= 4 is 21.6 Å². The first kappa shape index (κ1) is 13.2. The van der Waals surface area contributed by atoms with E-state index in [1.807, 2.05) is 20.8 Å². The lowest BCUT2D eigenvalue weighted by Gasteiger charge is -2.09. The lowest BCUT2D eigenvalue weighted by atomic mass is 10.2. The molecule has 1 atom stereocenters. The number of nitrogens with one attached hydrogen (secondary N) is 2. The Bertz CT molecular complexity index is 618. The number of aromatic amines is 1. The van der Waals surface area contributed by atoms with Crippen molar-refractivity contribution in [2.24, 2.45) is 0 Å². The van der Waals surface area contributed by atoms with Crippen LogP contribution in [-0.4, -0.2) is 27.7 Å². The van der Waals surface area contributed by atoms with Gasteiger partial charge in [0.25, 0.3) is 5.56 Å². The number of nitrogens with zero attached hydrogens (tertiary/aromatic N) is 1. The number of fused-ring (bicyclic) bond motifs is 1. The lowest BCUT2D eigenvalue weighted by Crippen LogP contribution is -2.30. The second kappa shape index (κ2) is 5.17. The maximum atomic E-state index is 12.0. The maximum Gasteiger partial charge on any atom is 0.259 e. The molecule has 0 radical (unpaired) electrons. The zero-order valence-corrected chi connectivity index (χ0v) is 11.5. The fourth-order valence-corrected chi connectivity index (χ4v) is 2.77. The quantitative estimate of drug-likeness (QED) is 0.774. The van der Waals surface area contributed by atoms with Crippen molar-refractivity contribution in [3.63, 3.8) is 0 Å². The number of hydrogen-bond acceptors (Lipinski definition) is 5. The summed E-state index contributed by atoms with van der Waals surface area (Å²) in [6, 6.07) is -0.0159. The molecule has 3 N–H and O–H groups in total. The van der Waals surface area contributed by atoms with E-state index in [0.717, 1.165) is 15.3 Å². The number of aliphatic hydroxyl groups is 1. The minimum atomic E-state index is -0.0877. The zero-order valence-electron chi connectivity index (χ0n) is 10.7. The largest absolute Gasteiger partial charge is 0.395 e. The van der Waals surface area contributed by atoms with Crippen LogP contribution in [0.25, 0.3) is 10.2 Å². The number of aryl methyl sites for hydroxylation is 2. The van der Waals surface area contributed by atoms with E-state index in [1.165, 1.54) is 11.3 Å². The summed E-state index contributed by atoms with van der Waals surface area (Å²) in [5, 5.41) is 12.7. The van der Waals surface area contributed by atoms with Gasteiger partial charge in [-0.15, -0.1) is 11.3 Å². The molecule has 0 fully saturated rings. The highest BCUT2D eigenvalue weighted by Gasteiger charge is 2.11. The molecule has 2 aromatic rings.